The van der Waals surface area contributed by atoms with Gasteiger partial charge in [-0.1, -0.05) is 27.7 Å². The van der Waals surface area contributed by atoms with Gasteiger partial charge in [0.1, 0.15) is 23.9 Å². The monoisotopic (exact) mass is 709 g/mol. The molecule has 1 amide bonds. The third-order valence-electron chi connectivity index (χ3n) is 12.1. The largest absolute Gasteiger partial charge is 0.458 e. The first-order chi connectivity index (χ1) is 23.3. The van der Waals surface area contributed by atoms with Crippen LogP contribution >= 0.6 is 0 Å². The SMILES string of the molecule is CC[C@H]1OC(=O)[C@H](C)C(=O)[C@H](C)[C@@H](O[C@@H]2O[C@H](C)C[C@H](N(C)C)[C@H]2O)[C@](C)(OC)C[C@@H](C)C(=O)[C@H](C)[C@H]2N(C[C@H]3CCN(C)C3)C(=O)O[C@]12C. The van der Waals surface area contributed by atoms with E-state index in [1.54, 1.807) is 25.7 Å². The first-order valence-electron chi connectivity index (χ1n) is 18.5. The Morgan fingerprint density at radius 1 is 1.02 bits per heavy atom. The zero-order valence-electron chi connectivity index (χ0n) is 32.3. The van der Waals surface area contributed by atoms with Crippen molar-refractivity contribution in [2.75, 3.05) is 47.9 Å². The van der Waals surface area contributed by atoms with E-state index in [4.69, 9.17) is 23.7 Å². The van der Waals surface area contributed by atoms with Crippen LogP contribution in [0.2, 0.25) is 0 Å². The Bertz CT molecular complexity index is 1250. The molecule has 0 aromatic carbocycles. The lowest BCUT2D eigenvalue weighted by molar-refractivity contribution is -0.295. The van der Waals surface area contributed by atoms with Gasteiger partial charge in [0.2, 0.25) is 0 Å². The molecule has 4 fully saturated rings. The number of likely N-dealkylation sites (tertiary alicyclic amines) is 1. The van der Waals surface area contributed by atoms with Crippen LogP contribution in [0.25, 0.3) is 0 Å². The summed E-state index contributed by atoms with van der Waals surface area (Å²) in [5.41, 5.74) is -2.58. The molecule has 0 aliphatic carbocycles. The first-order valence-corrected chi connectivity index (χ1v) is 18.5. The van der Waals surface area contributed by atoms with Crippen LogP contribution in [0.1, 0.15) is 81.1 Å². The van der Waals surface area contributed by atoms with E-state index >= 15 is 0 Å². The topological polar surface area (TPSA) is 144 Å². The second-order valence-corrected chi connectivity index (χ2v) is 16.3. The Balaban J connectivity index is 1.77. The number of carbonyl (C=O) groups excluding carboxylic acids is 4. The van der Waals surface area contributed by atoms with Crippen molar-refractivity contribution in [1.82, 2.24) is 14.7 Å². The highest BCUT2D eigenvalue weighted by atomic mass is 16.7. The number of aliphatic hydroxyl groups is 1. The molecule has 4 aliphatic rings. The summed E-state index contributed by atoms with van der Waals surface area (Å²) in [6, 6.07) is -0.987. The molecule has 4 rings (SSSR count). The number of ether oxygens (including phenoxy) is 5. The minimum Gasteiger partial charge on any atom is -0.458 e. The maximum Gasteiger partial charge on any atom is 0.410 e. The molecule has 14 atom stereocenters. The molecular formula is C37H63N3O10. The molecule has 0 saturated carbocycles. The number of carbonyl (C=O) groups is 4. The fraction of sp³-hybridized carbons (Fsp3) is 0.892. The lowest BCUT2D eigenvalue weighted by Crippen LogP contribution is -2.60. The molecular weight excluding hydrogens is 646 g/mol. The van der Waals surface area contributed by atoms with Gasteiger partial charge in [0.25, 0.3) is 0 Å². The first kappa shape index (κ1) is 40.6. The number of methoxy groups -OCH3 is 1. The second-order valence-electron chi connectivity index (χ2n) is 16.3. The quantitative estimate of drug-likeness (QED) is 0.306. The average molecular weight is 710 g/mol. The van der Waals surface area contributed by atoms with Crippen molar-refractivity contribution in [3.05, 3.63) is 0 Å². The summed E-state index contributed by atoms with van der Waals surface area (Å²) in [5, 5.41) is 11.4. The molecule has 13 heteroatoms. The maximum absolute atomic E-state index is 14.6. The molecule has 0 spiro atoms. The number of esters is 1. The number of likely N-dealkylation sites (N-methyl/N-ethyl adjacent to an activating group) is 1. The molecule has 0 radical (unpaired) electrons. The molecule has 0 aromatic heterocycles. The number of Topliss-reactive ketones (excluding diaryl/α,β-unsaturated/α-hetero) is 2. The lowest BCUT2D eigenvalue weighted by atomic mass is 9.73. The number of rotatable bonds is 7. The molecule has 4 heterocycles. The van der Waals surface area contributed by atoms with E-state index < -0.39 is 83.4 Å². The van der Waals surface area contributed by atoms with Crippen molar-refractivity contribution in [3.63, 3.8) is 0 Å². The van der Waals surface area contributed by atoms with E-state index in [-0.39, 0.29) is 30.3 Å². The van der Waals surface area contributed by atoms with Crippen LogP contribution in [0.3, 0.4) is 0 Å². The van der Waals surface area contributed by atoms with E-state index in [9.17, 15) is 24.3 Å². The van der Waals surface area contributed by atoms with Crippen molar-refractivity contribution >= 4 is 23.6 Å². The summed E-state index contributed by atoms with van der Waals surface area (Å²) in [7, 11) is 7.31. The summed E-state index contributed by atoms with van der Waals surface area (Å²) in [6.07, 6.45) is -2.89. The highest BCUT2D eigenvalue weighted by Crippen LogP contribution is 2.43. The Morgan fingerprint density at radius 2 is 1.68 bits per heavy atom. The van der Waals surface area contributed by atoms with Gasteiger partial charge in [-0.15, -0.1) is 0 Å². The minimum absolute atomic E-state index is 0.115. The summed E-state index contributed by atoms with van der Waals surface area (Å²) >= 11 is 0. The minimum atomic E-state index is -1.34. The lowest BCUT2D eigenvalue weighted by Gasteiger charge is -2.47. The zero-order valence-corrected chi connectivity index (χ0v) is 32.3. The number of hydrogen-bond donors (Lipinski definition) is 1. The van der Waals surface area contributed by atoms with E-state index in [0.29, 0.717) is 19.4 Å². The smallest absolute Gasteiger partial charge is 0.410 e. The number of hydrogen-bond acceptors (Lipinski definition) is 12. The van der Waals surface area contributed by atoms with E-state index in [2.05, 4.69) is 4.90 Å². The van der Waals surface area contributed by atoms with Gasteiger partial charge in [-0.2, -0.15) is 0 Å². The van der Waals surface area contributed by atoms with Crippen LogP contribution in [0.5, 0.6) is 0 Å². The summed E-state index contributed by atoms with van der Waals surface area (Å²) in [6.45, 7) is 16.2. The van der Waals surface area contributed by atoms with Crippen molar-refractivity contribution < 1.29 is 48.0 Å². The molecule has 286 valence electrons. The van der Waals surface area contributed by atoms with Crippen LogP contribution in [-0.4, -0.2) is 145 Å². The Hall–Kier alpha value is -2.16. The van der Waals surface area contributed by atoms with Gasteiger partial charge in [-0.3, -0.25) is 19.3 Å². The van der Waals surface area contributed by atoms with Crippen LogP contribution in [-0.2, 0) is 38.1 Å². The predicted octanol–water partition coefficient (Wildman–Crippen LogP) is 3.14. The van der Waals surface area contributed by atoms with Crippen LogP contribution in [0.15, 0.2) is 0 Å². The van der Waals surface area contributed by atoms with Crippen molar-refractivity contribution in [2.45, 2.75) is 135 Å². The van der Waals surface area contributed by atoms with Crippen molar-refractivity contribution in [3.8, 4) is 0 Å². The van der Waals surface area contributed by atoms with Crippen LogP contribution in [0.4, 0.5) is 4.79 Å². The standard InChI is InChI=1S/C37H63N3O10/c1-13-27-37(8)31(40(35(45)50-37)19-25-14-15-39(11)18-25)22(4)28(41)20(2)17-36(7,46-12)32(23(5)29(42)24(6)33(44)48-27)49-34-30(43)26(38(9)10)16-21(3)47-34/h20-27,30-32,34,43H,13-19H2,1-12H3/t20-,21-,22+,23+,24-,25+,26+,27-,30-,31-,32-,34+,36-,37-/m1/s1. The highest BCUT2D eigenvalue weighted by molar-refractivity contribution is 6.00. The van der Waals surface area contributed by atoms with Crippen LogP contribution in [0, 0.1) is 29.6 Å². The predicted molar refractivity (Wildman–Crippen MR) is 185 cm³/mol. The molecule has 0 aromatic rings. The average Bonchev–Trinajstić information content (AvgIpc) is 3.59. The van der Waals surface area contributed by atoms with Gasteiger partial charge in [0.05, 0.1) is 23.9 Å². The van der Waals surface area contributed by atoms with E-state index in [1.807, 2.05) is 53.7 Å². The number of cyclic esters (lactones) is 1. The third-order valence-corrected chi connectivity index (χ3v) is 12.1. The zero-order chi connectivity index (χ0) is 37.5. The molecule has 1 N–H and O–H groups in total. The number of aliphatic hydroxyl groups excluding tert-OH is 1. The summed E-state index contributed by atoms with van der Waals surface area (Å²) < 4.78 is 31.1. The second kappa shape index (κ2) is 15.8. The van der Waals surface area contributed by atoms with Gasteiger partial charge in [-0.25, -0.2) is 4.79 Å². The fourth-order valence-electron chi connectivity index (χ4n) is 9.12. The van der Waals surface area contributed by atoms with Crippen molar-refractivity contribution in [2.24, 2.45) is 29.6 Å². The van der Waals surface area contributed by atoms with Gasteiger partial charge in [0.15, 0.2) is 17.7 Å². The molecule has 0 bridgehead atoms. The van der Waals surface area contributed by atoms with Gasteiger partial charge in [0, 0.05) is 44.0 Å². The third kappa shape index (κ3) is 7.93. The van der Waals surface area contributed by atoms with Crippen molar-refractivity contribution in [1.29, 1.82) is 0 Å². The molecule has 0 unspecified atom stereocenters. The maximum atomic E-state index is 14.6. The molecule has 4 aliphatic heterocycles. The Labute approximate surface area is 298 Å². The summed E-state index contributed by atoms with van der Waals surface area (Å²) in [4.78, 5) is 62.1. The Kier molecular flexibility index (Phi) is 12.9. The number of fused-ring (bicyclic) bond motifs is 1. The van der Waals surface area contributed by atoms with Crippen LogP contribution < -0.4 is 0 Å². The Morgan fingerprint density at radius 3 is 2.24 bits per heavy atom. The molecule has 4 saturated heterocycles. The number of ketones is 2. The highest BCUT2D eigenvalue weighted by Gasteiger charge is 2.60. The normalized spacial score (nSPS) is 44.2. The molecule has 13 nitrogen and oxygen atoms in total. The molecule has 50 heavy (non-hydrogen) atoms. The number of nitrogens with zero attached hydrogens (tertiary/aromatic N) is 3. The van der Waals surface area contributed by atoms with E-state index in [1.165, 1.54) is 14.0 Å². The van der Waals surface area contributed by atoms with Gasteiger partial charge >= 0.3 is 12.1 Å². The number of amides is 1. The van der Waals surface area contributed by atoms with E-state index in [0.717, 1.165) is 19.5 Å². The fourth-order valence-corrected chi connectivity index (χ4v) is 9.12. The summed E-state index contributed by atoms with van der Waals surface area (Å²) in [5.74, 6) is -4.53. The van der Waals surface area contributed by atoms with Gasteiger partial charge < -0.3 is 38.6 Å². The van der Waals surface area contributed by atoms with Gasteiger partial charge in [-0.05, 0) is 87.0 Å².